The number of aromatic nitrogens is 2. The first-order chi connectivity index (χ1) is 20.2. The third kappa shape index (κ3) is 10.3. The second kappa shape index (κ2) is 19.4. The summed E-state index contributed by atoms with van der Waals surface area (Å²) in [7, 11) is 5.17. The molecule has 1 fully saturated rings. The predicted molar refractivity (Wildman–Crippen MR) is 173 cm³/mol. The van der Waals surface area contributed by atoms with E-state index in [9.17, 15) is 13.6 Å². The number of hydrogen-bond acceptors (Lipinski definition) is 7. The SMILES string of the molecule is CNCC(c1cc2c(c(-c3ccc(Cl)c(F)c3F)n1)OCC2C)C1CC1.COC.O=Cc1ccc2ncc(Br)cc2c1.[K+].[NH2-].[OH-]. The summed E-state index contributed by atoms with van der Waals surface area (Å²) in [5.74, 6) is -0.433. The van der Waals surface area contributed by atoms with Crippen LogP contribution in [0.3, 0.4) is 0 Å². The van der Waals surface area contributed by atoms with E-state index in [1.165, 1.54) is 25.0 Å². The molecule has 4 aromatic rings. The number of halogens is 4. The number of carbonyl (C=O) groups is 1. The number of rotatable bonds is 6. The Kier molecular flexibility index (Phi) is 17.9. The Labute approximate surface area is 318 Å². The van der Waals surface area contributed by atoms with Gasteiger partial charge in [0.1, 0.15) is 17.7 Å². The number of nitrogens with zero attached hydrogens (tertiary/aromatic N) is 2. The van der Waals surface area contributed by atoms with Gasteiger partial charge in [-0.05, 0) is 84.2 Å². The molecule has 0 saturated heterocycles. The molecule has 3 heterocycles. The molecule has 2 atom stereocenters. The van der Waals surface area contributed by atoms with Gasteiger partial charge < -0.3 is 26.4 Å². The van der Waals surface area contributed by atoms with Crippen molar-refractivity contribution in [1.29, 1.82) is 0 Å². The first-order valence-electron chi connectivity index (χ1n) is 13.6. The summed E-state index contributed by atoms with van der Waals surface area (Å²) in [5.41, 5.74) is 3.97. The topological polar surface area (TPSA) is 137 Å². The van der Waals surface area contributed by atoms with Crippen LogP contribution in [0.25, 0.3) is 28.3 Å². The molecule has 238 valence electrons. The Morgan fingerprint density at radius 1 is 1.16 bits per heavy atom. The Hall–Kier alpha value is -1.42. The zero-order valence-electron chi connectivity index (χ0n) is 25.9. The molecule has 45 heavy (non-hydrogen) atoms. The monoisotopic (exact) mass is 731 g/mol. The first-order valence-corrected chi connectivity index (χ1v) is 14.8. The number of benzene rings is 2. The minimum atomic E-state index is -1.05. The predicted octanol–water partition coefficient (Wildman–Crippen LogP) is 5.51. The van der Waals surface area contributed by atoms with Gasteiger partial charge in [0.05, 0.1) is 17.1 Å². The molecule has 1 aliphatic heterocycles. The molecule has 0 spiro atoms. The molecule has 1 aliphatic carbocycles. The largest absolute Gasteiger partial charge is 1.00 e. The van der Waals surface area contributed by atoms with Crippen molar-refractivity contribution in [3.63, 3.8) is 0 Å². The average molecular weight is 733 g/mol. The second-order valence-corrected chi connectivity index (χ2v) is 11.7. The van der Waals surface area contributed by atoms with Crippen molar-refractivity contribution in [2.45, 2.75) is 31.6 Å². The van der Waals surface area contributed by atoms with Crippen LogP contribution in [0.4, 0.5) is 8.78 Å². The normalized spacial score (nSPS) is 14.9. The molecule has 2 aromatic heterocycles. The summed E-state index contributed by atoms with van der Waals surface area (Å²) >= 11 is 9.04. The van der Waals surface area contributed by atoms with E-state index in [1.54, 1.807) is 26.5 Å². The van der Waals surface area contributed by atoms with E-state index >= 15 is 0 Å². The first kappa shape index (κ1) is 41.6. The van der Waals surface area contributed by atoms with Crippen LogP contribution >= 0.6 is 27.5 Å². The number of aldehydes is 1. The summed E-state index contributed by atoms with van der Waals surface area (Å²) in [5, 5.41) is 3.97. The van der Waals surface area contributed by atoms with Crippen LogP contribution in [0.1, 0.15) is 53.2 Å². The third-order valence-corrected chi connectivity index (χ3v) is 7.85. The van der Waals surface area contributed by atoms with Gasteiger partial charge in [0, 0.05) is 71.0 Å². The number of hydrogen-bond donors (Lipinski definition) is 1. The number of ether oxygens (including phenoxy) is 2. The molecular weight excluding hydrogens is 697 g/mol. The number of methoxy groups -OCH3 is 1. The molecule has 13 heteroatoms. The van der Waals surface area contributed by atoms with Crippen molar-refractivity contribution in [2.75, 3.05) is 34.4 Å². The zero-order valence-corrected chi connectivity index (χ0v) is 31.4. The summed E-state index contributed by atoms with van der Waals surface area (Å²) < 4.78 is 39.6. The van der Waals surface area contributed by atoms with Crippen molar-refractivity contribution in [3.05, 3.63) is 92.8 Å². The van der Waals surface area contributed by atoms with Gasteiger partial charge in [0.2, 0.25) is 0 Å². The molecule has 1 saturated carbocycles. The van der Waals surface area contributed by atoms with Gasteiger partial charge in [-0.3, -0.25) is 9.78 Å². The molecule has 2 aliphatic rings. The van der Waals surface area contributed by atoms with Crippen LogP contribution in [0.5, 0.6) is 5.75 Å². The molecule has 2 aromatic carbocycles. The Bertz CT molecular complexity index is 1580. The van der Waals surface area contributed by atoms with Crippen LogP contribution in [-0.2, 0) is 4.74 Å². The maximum atomic E-state index is 14.6. The maximum Gasteiger partial charge on any atom is 1.00 e. The van der Waals surface area contributed by atoms with Crippen LogP contribution in [-0.4, -0.2) is 56.1 Å². The maximum absolute atomic E-state index is 14.6. The van der Waals surface area contributed by atoms with Gasteiger partial charge in [-0.2, -0.15) is 0 Å². The van der Waals surface area contributed by atoms with Crippen molar-refractivity contribution in [2.24, 2.45) is 5.92 Å². The minimum absolute atomic E-state index is 0. The summed E-state index contributed by atoms with van der Waals surface area (Å²) in [6.45, 7) is 3.40. The van der Waals surface area contributed by atoms with Crippen molar-refractivity contribution >= 4 is 44.7 Å². The third-order valence-electron chi connectivity index (χ3n) is 7.12. The fourth-order valence-corrected chi connectivity index (χ4v) is 5.39. The number of carbonyl (C=O) groups excluding carboxylic acids is 1. The van der Waals surface area contributed by atoms with Gasteiger partial charge in [-0.15, -0.1) is 0 Å². The van der Waals surface area contributed by atoms with E-state index in [0.717, 1.165) is 39.5 Å². The van der Waals surface area contributed by atoms with Gasteiger partial charge in [0.25, 0.3) is 0 Å². The van der Waals surface area contributed by atoms with E-state index in [4.69, 9.17) is 21.3 Å². The van der Waals surface area contributed by atoms with E-state index in [0.29, 0.717) is 29.5 Å². The smallest absolute Gasteiger partial charge is 0.870 e. The van der Waals surface area contributed by atoms with Crippen LogP contribution in [0, 0.1) is 17.6 Å². The average Bonchev–Trinajstić information content (AvgIpc) is 3.76. The number of fused-ring (bicyclic) bond motifs is 2. The van der Waals surface area contributed by atoms with Crippen molar-refractivity contribution in [3.8, 4) is 17.0 Å². The standard InChI is InChI=1S/C20H21ClF2N2O.C10H6BrNO.C2H6O.K.H2N.H2O/c1-10-9-26-20-13(10)7-16(14(8-24-2)11-3-4-11)25-19(20)12-5-6-15(21)18(23)17(12)22;11-9-4-8-3-7(6-13)1-2-10(8)12-5-9;1-3-2;;;/h5-7,10-11,14,24H,3-4,8-9H2,1-2H3;1-6H;1-2H3;;2*1H2/q;;;+1;-1;/p-1. The fourth-order valence-electron chi connectivity index (χ4n) is 4.90. The Morgan fingerprint density at radius 2 is 1.84 bits per heavy atom. The van der Waals surface area contributed by atoms with Gasteiger partial charge in [-0.25, -0.2) is 13.8 Å². The molecule has 4 N–H and O–H groups in total. The quantitative estimate of drug-likeness (QED) is 0.157. The molecular formula is C32H36BrClF2KN4O4-. The Morgan fingerprint density at radius 3 is 2.47 bits per heavy atom. The molecule has 6 rings (SSSR count). The van der Waals surface area contributed by atoms with Gasteiger partial charge in [0.15, 0.2) is 11.6 Å². The number of nitrogens with two attached hydrogens (primary N) is 1. The van der Waals surface area contributed by atoms with Crippen LogP contribution in [0.2, 0.25) is 5.02 Å². The van der Waals surface area contributed by atoms with E-state index < -0.39 is 11.6 Å². The van der Waals surface area contributed by atoms with Crippen LogP contribution in [0.15, 0.2) is 53.1 Å². The number of nitrogens with one attached hydrogen (secondary N) is 1. The van der Waals surface area contributed by atoms with Crippen molar-refractivity contribution in [1.82, 2.24) is 15.3 Å². The van der Waals surface area contributed by atoms with E-state index in [1.807, 2.05) is 25.2 Å². The summed E-state index contributed by atoms with van der Waals surface area (Å²) in [4.78, 5) is 19.4. The molecule has 0 bridgehead atoms. The number of pyridine rings is 2. The van der Waals surface area contributed by atoms with E-state index in [-0.39, 0.29) is 85.4 Å². The summed E-state index contributed by atoms with van der Waals surface area (Å²) in [6.07, 6.45) is 4.93. The summed E-state index contributed by atoms with van der Waals surface area (Å²) in [6, 6.07) is 12.3. The molecule has 2 unspecified atom stereocenters. The number of likely N-dealkylation sites (N-methyl/N-ethyl adjacent to an activating group) is 1. The molecule has 0 amide bonds. The van der Waals surface area contributed by atoms with Gasteiger partial charge in [-0.1, -0.05) is 18.5 Å². The second-order valence-electron chi connectivity index (χ2n) is 10.4. The minimum Gasteiger partial charge on any atom is -0.870 e. The zero-order chi connectivity index (χ0) is 30.4. The van der Waals surface area contributed by atoms with Crippen molar-refractivity contribution < 1.29 is 79.9 Å². The van der Waals surface area contributed by atoms with E-state index in [2.05, 4.69) is 44.0 Å². The molecule has 0 radical (unpaired) electrons. The molecule has 8 nitrogen and oxygen atoms in total. The Balaban J connectivity index is 0.000000453. The van der Waals surface area contributed by atoms with Gasteiger partial charge >= 0.3 is 51.4 Å². The van der Waals surface area contributed by atoms with Crippen LogP contribution < -0.4 is 61.4 Å². The fraction of sp³-hybridized carbons (Fsp3) is 0.344.